The van der Waals surface area contributed by atoms with Gasteiger partial charge in [0.1, 0.15) is 29.3 Å². The number of rotatable bonds is 6. The van der Waals surface area contributed by atoms with E-state index in [4.69, 9.17) is 13.9 Å². The predicted molar refractivity (Wildman–Crippen MR) is 113 cm³/mol. The molecule has 0 radical (unpaired) electrons. The average molecular weight is 440 g/mol. The molecule has 0 N–H and O–H groups in total. The average Bonchev–Trinajstić information content (AvgIpc) is 3.17. The highest BCUT2D eigenvalue weighted by Crippen LogP contribution is 2.36. The molecule has 1 heterocycles. The summed E-state index contributed by atoms with van der Waals surface area (Å²) in [6.45, 7) is 2.01. The zero-order valence-corrected chi connectivity index (χ0v) is 17.1. The summed E-state index contributed by atoms with van der Waals surface area (Å²) in [5.74, 6) is 0.340. The van der Waals surface area contributed by atoms with Crippen LogP contribution in [0.3, 0.4) is 0 Å². The Morgan fingerprint density at radius 1 is 0.969 bits per heavy atom. The fourth-order valence-corrected chi connectivity index (χ4v) is 3.32. The topological polar surface area (TPSA) is 48.7 Å². The van der Waals surface area contributed by atoms with Crippen molar-refractivity contribution in [1.29, 1.82) is 0 Å². The Hall–Kier alpha value is -3.74. The summed E-state index contributed by atoms with van der Waals surface area (Å²) in [7, 11) is 0. The van der Waals surface area contributed by atoms with Gasteiger partial charge in [-0.25, -0.2) is 4.79 Å². The third kappa shape index (κ3) is 4.46. The molecule has 0 bridgehead atoms. The quantitative estimate of drug-likeness (QED) is 0.307. The molecule has 0 saturated heterocycles. The van der Waals surface area contributed by atoms with Crippen molar-refractivity contribution in [2.45, 2.75) is 19.7 Å². The van der Waals surface area contributed by atoms with Crippen LogP contribution in [-0.2, 0) is 17.5 Å². The maximum absolute atomic E-state index is 12.7. The molecule has 3 aromatic carbocycles. The molecule has 0 aliphatic rings. The number of benzene rings is 3. The lowest BCUT2D eigenvalue weighted by Gasteiger charge is -2.09. The number of hydrogen-bond donors (Lipinski definition) is 0. The van der Waals surface area contributed by atoms with Crippen LogP contribution in [0.15, 0.2) is 77.2 Å². The van der Waals surface area contributed by atoms with Gasteiger partial charge in [-0.15, -0.1) is 0 Å². The summed E-state index contributed by atoms with van der Waals surface area (Å²) in [6, 6.07) is 19.0. The first-order valence-corrected chi connectivity index (χ1v) is 9.95. The van der Waals surface area contributed by atoms with Crippen LogP contribution >= 0.6 is 0 Å². The number of carbonyl (C=O) groups is 1. The van der Waals surface area contributed by atoms with Crippen LogP contribution < -0.4 is 4.74 Å². The van der Waals surface area contributed by atoms with E-state index in [0.29, 0.717) is 33.6 Å². The Bertz CT molecular complexity index is 1230. The van der Waals surface area contributed by atoms with Gasteiger partial charge in [0.25, 0.3) is 0 Å². The number of hydrogen-bond acceptors (Lipinski definition) is 4. The predicted octanol–water partition coefficient (Wildman–Crippen LogP) is 6.87. The molecule has 0 unspecified atom stereocenters. The zero-order chi connectivity index (χ0) is 22.7. The molecular weight excluding hydrogens is 421 g/mol. The third-order valence-electron chi connectivity index (χ3n) is 4.86. The van der Waals surface area contributed by atoms with Crippen molar-refractivity contribution >= 4 is 16.9 Å². The molecule has 164 valence electrons. The highest BCUT2D eigenvalue weighted by atomic mass is 19.4. The number of esters is 1. The van der Waals surface area contributed by atoms with Gasteiger partial charge in [-0.2, -0.15) is 13.2 Å². The highest BCUT2D eigenvalue weighted by molar-refractivity contribution is 6.09. The first kappa shape index (κ1) is 21.5. The van der Waals surface area contributed by atoms with E-state index < -0.39 is 17.7 Å². The standard InChI is InChI=1S/C25H19F3O4/c1-2-30-24(29)22-20-14-19(31-15-16-8-10-18(11-9-16)25(26,27)28)12-13-21(20)32-23(22)17-6-4-3-5-7-17/h3-14H,2,15H2,1H3. The lowest BCUT2D eigenvalue weighted by molar-refractivity contribution is -0.137. The van der Waals surface area contributed by atoms with Gasteiger partial charge >= 0.3 is 12.1 Å². The van der Waals surface area contributed by atoms with Crippen molar-refractivity contribution in [3.05, 3.63) is 89.5 Å². The summed E-state index contributed by atoms with van der Waals surface area (Å²) in [5, 5.41) is 0.534. The molecule has 0 saturated carbocycles. The molecule has 4 nitrogen and oxygen atoms in total. The number of carbonyl (C=O) groups excluding carboxylic acids is 1. The number of halogens is 3. The first-order chi connectivity index (χ1) is 15.4. The SMILES string of the molecule is CCOC(=O)c1c(-c2ccccc2)oc2ccc(OCc3ccc(C(F)(F)F)cc3)cc12. The van der Waals surface area contributed by atoms with Crippen LogP contribution in [0.2, 0.25) is 0 Å². The van der Waals surface area contributed by atoms with Crippen molar-refractivity contribution in [1.82, 2.24) is 0 Å². The van der Waals surface area contributed by atoms with E-state index in [2.05, 4.69) is 0 Å². The van der Waals surface area contributed by atoms with E-state index in [0.717, 1.165) is 17.7 Å². The molecule has 0 aliphatic carbocycles. The molecule has 32 heavy (non-hydrogen) atoms. The van der Waals surface area contributed by atoms with Gasteiger partial charge in [-0.1, -0.05) is 42.5 Å². The van der Waals surface area contributed by atoms with E-state index >= 15 is 0 Å². The van der Waals surface area contributed by atoms with Crippen LogP contribution in [0, 0.1) is 0 Å². The molecule has 7 heteroatoms. The van der Waals surface area contributed by atoms with Crippen LogP contribution in [0.25, 0.3) is 22.3 Å². The molecule has 0 fully saturated rings. The second-order valence-electron chi connectivity index (χ2n) is 7.03. The molecule has 0 amide bonds. The number of alkyl halides is 3. The van der Waals surface area contributed by atoms with Gasteiger partial charge in [0, 0.05) is 10.9 Å². The number of fused-ring (bicyclic) bond motifs is 1. The van der Waals surface area contributed by atoms with Gasteiger partial charge < -0.3 is 13.9 Å². The summed E-state index contributed by atoms with van der Waals surface area (Å²) in [5.41, 5.74) is 1.40. The van der Waals surface area contributed by atoms with Crippen LogP contribution in [0.5, 0.6) is 5.75 Å². The van der Waals surface area contributed by atoms with E-state index in [9.17, 15) is 18.0 Å². The second kappa shape index (κ2) is 8.78. The third-order valence-corrected chi connectivity index (χ3v) is 4.86. The van der Waals surface area contributed by atoms with Crippen molar-refractivity contribution < 1.29 is 31.9 Å². The van der Waals surface area contributed by atoms with Crippen molar-refractivity contribution in [2.75, 3.05) is 6.61 Å². The fourth-order valence-electron chi connectivity index (χ4n) is 3.32. The van der Waals surface area contributed by atoms with E-state index in [1.54, 1.807) is 25.1 Å². The largest absolute Gasteiger partial charge is 0.489 e. The fraction of sp³-hybridized carbons (Fsp3) is 0.160. The van der Waals surface area contributed by atoms with E-state index in [1.807, 2.05) is 30.3 Å². The smallest absolute Gasteiger partial charge is 0.416 e. The van der Waals surface area contributed by atoms with Gasteiger partial charge in [-0.3, -0.25) is 0 Å². The summed E-state index contributed by atoms with van der Waals surface area (Å²) >= 11 is 0. The Balaban J connectivity index is 1.64. The lowest BCUT2D eigenvalue weighted by atomic mass is 10.1. The number of ether oxygens (including phenoxy) is 2. The van der Waals surface area contributed by atoms with Gasteiger partial charge in [0.05, 0.1) is 12.2 Å². The highest BCUT2D eigenvalue weighted by Gasteiger charge is 2.30. The maximum atomic E-state index is 12.7. The van der Waals surface area contributed by atoms with Crippen LogP contribution in [0.4, 0.5) is 13.2 Å². The maximum Gasteiger partial charge on any atom is 0.416 e. The molecular formula is C25H19F3O4. The van der Waals surface area contributed by atoms with Gasteiger partial charge in [0.15, 0.2) is 0 Å². The minimum atomic E-state index is -4.38. The van der Waals surface area contributed by atoms with E-state index in [-0.39, 0.29) is 13.2 Å². The Kier molecular flexibility index (Phi) is 5.90. The van der Waals surface area contributed by atoms with Crippen LogP contribution in [-0.4, -0.2) is 12.6 Å². The lowest BCUT2D eigenvalue weighted by Crippen LogP contribution is -2.05. The summed E-state index contributed by atoms with van der Waals surface area (Å²) in [4.78, 5) is 12.7. The molecule has 0 aliphatic heterocycles. The molecule has 4 aromatic rings. The molecule has 0 atom stereocenters. The number of furan rings is 1. The van der Waals surface area contributed by atoms with Crippen molar-refractivity contribution in [2.24, 2.45) is 0 Å². The molecule has 0 spiro atoms. The van der Waals surface area contributed by atoms with Crippen LogP contribution in [0.1, 0.15) is 28.4 Å². The van der Waals surface area contributed by atoms with E-state index in [1.165, 1.54) is 12.1 Å². The molecule has 4 rings (SSSR count). The Morgan fingerprint density at radius 2 is 1.69 bits per heavy atom. The van der Waals surface area contributed by atoms with Gasteiger partial charge in [0.2, 0.25) is 0 Å². The monoisotopic (exact) mass is 440 g/mol. The van der Waals surface area contributed by atoms with Crippen molar-refractivity contribution in [3.63, 3.8) is 0 Å². The second-order valence-corrected chi connectivity index (χ2v) is 7.03. The van der Waals surface area contributed by atoms with Crippen molar-refractivity contribution in [3.8, 4) is 17.1 Å². The minimum Gasteiger partial charge on any atom is -0.489 e. The minimum absolute atomic E-state index is 0.0712. The summed E-state index contributed by atoms with van der Waals surface area (Å²) in [6.07, 6.45) is -4.38. The molecule has 1 aromatic heterocycles. The van der Waals surface area contributed by atoms with Gasteiger partial charge in [-0.05, 0) is 42.8 Å². The normalized spacial score (nSPS) is 11.5. The summed E-state index contributed by atoms with van der Waals surface area (Å²) < 4.78 is 55.1. The Labute approximate surface area is 182 Å². The first-order valence-electron chi connectivity index (χ1n) is 9.95. The Morgan fingerprint density at radius 3 is 2.34 bits per heavy atom. The zero-order valence-electron chi connectivity index (χ0n) is 17.1.